The summed E-state index contributed by atoms with van der Waals surface area (Å²) in [6.07, 6.45) is -0.415. The maximum Gasteiger partial charge on any atom is 0.255 e. The van der Waals surface area contributed by atoms with Gasteiger partial charge in [0.2, 0.25) is 11.7 Å². The lowest BCUT2D eigenvalue weighted by molar-refractivity contribution is -0.148. The van der Waals surface area contributed by atoms with Gasteiger partial charge in [0.1, 0.15) is 22.9 Å². The quantitative estimate of drug-likeness (QED) is 0.196. The number of hydrogen-bond acceptors (Lipinski definition) is 10. The molecular weight excluding hydrogens is 527 g/mol. The number of fused-ring (bicyclic) bond motifs is 4. The van der Waals surface area contributed by atoms with E-state index in [0.717, 1.165) is 0 Å². The van der Waals surface area contributed by atoms with Crippen LogP contribution in [0.15, 0.2) is 22.7 Å². The normalized spacial score (nSPS) is 29.8. The van der Waals surface area contributed by atoms with E-state index >= 15 is 4.39 Å². The number of ketones is 2. The molecule has 4 aliphatic rings. The second kappa shape index (κ2) is 9.11. The average molecular weight is 559 g/mol. The molecule has 214 valence electrons. The number of Topliss-reactive ketones (excluding diaryl/α,β-unsaturated/α-hetero) is 2. The number of halogens is 1. The number of primary amides is 1. The summed E-state index contributed by atoms with van der Waals surface area (Å²) in [7, 11) is 3.04. The number of allylic oxidation sites excluding steroid dienone is 1. The zero-order chi connectivity index (χ0) is 29.6. The third kappa shape index (κ3) is 3.61. The first kappa shape index (κ1) is 27.7. The monoisotopic (exact) mass is 558 g/mol. The Morgan fingerprint density at radius 3 is 2.38 bits per heavy atom. The molecule has 1 unspecified atom stereocenters. The third-order valence-electron chi connectivity index (χ3n) is 8.43. The van der Waals surface area contributed by atoms with Crippen LogP contribution in [0.3, 0.4) is 0 Å². The number of rotatable bonds is 4. The lowest BCUT2D eigenvalue weighted by Gasteiger charge is -2.50. The number of aliphatic hydroxyl groups excluding tert-OH is 2. The lowest BCUT2D eigenvalue weighted by atomic mass is 9.58. The molecule has 0 bridgehead atoms. The minimum absolute atomic E-state index is 0.0245. The number of phenols is 1. The Balaban J connectivity index is 1.68. The second-order valence-electron chi connectivity index (χ2n) is 11.4. The van der Waals surface area contributed by atoms with Crippen molar-refractivity contribution in [3.63, 3.8) is 0 Å². The topological polar surface area (TPSA) is 203 Å². The zero-order valence-electron chi connectivity index (χ0n) is 22.3. The molecule has 1 aromatic carbocycles. The summed E-state index contributed by atoms with van der Waals surface area (Å²) < 4.78 is 16.0. The zero-order valence-corrected chi connectivity index (χ0v) is 22.3. The summed E-state index contributed by atoms with van der Waals surface area (Å²) in [6, 6.07) is -2.01. The summed E-state index contributed by atoms with van der Waals surface area (Å²) in [5.74, 6) is -9.56. The van der Waals surface area contributed by atoms with Crippen LogP contribution < -0.4 is 16.4 Å². The van der Waals surface area contributed by atoms with Crippen molar-refractivity contribution in [2.45, 2.75) is 56.8 Å². The summed E-state index contributed by atoms with van der Waals surface area (Å²) in [4.78, 5) is 53.3. The molecule has 5 rings (SSSR count). The number of likely N-dealkylation sites (N-methyl/N-ethyl adjacent to an activating group) is 1. The number of hydrogen-bond donors (Lipinski definition) is 7. The highest BCUT2D eigenvalue weighted by molar-refractivity contribution is 6.25. The van der Waals surface area contributed by atoms with Crippen LogP contribution in [-0.2, 0) is 27.2 Å². The molecule has 12 nitrogen and oxygen atoms in total. The van der Waals surface area contributed by atoms with Crippen molar-refractivity contribution in [2.24, 2.45) is 17.6 Å². The Morgan fingerprint density at radius 1 is 1.15 bits per heavy atom. The molecule has 0 aromatic heterocycles. The lowest BCUT2D eigenvalue weighted by Crippen LogP contribution is -2.63. The van der Waals surface area contributed by atoms with E-state index in [1.807, 2.05) is 13.8 Å². The van der Waals surface area contributed by atoms with Gasteiger partial charge < -0.3 is 36.8 Å². The van der Waals surface area contributed by atoms with E-state index in [4.69, 9.17) is 5.73 Å². The van der Waals surface area contributed by atoms with Crippen molar-refractivity contribution in [2.75, 3.05) is 19.4 Å². The minimum atomic E-state index is -2.79. The first-order chi connectivity index (χ1) is 18.6. The number of amides is 2. The van der Waals surface area contributed by atoms with E-state index in [1.54, 1.807) is 0 Å². The molecule has 8 N–H and O–H groups in total. The smallest absolute Gasteiger partial charge is 0.255 e. The summed E-state index contributed by atoms with van der Waals surface area (Å²) >= 11 is 0. The predicted molar refractivity (Wildman–Crippen MR) is 138 cm³/mol. The molecule has 3 aliphatic carbocycles. The molecule has 2 amide bonds. The first-order valence-corrected chi connectivity index (χ1v) is 12.9. The first-order valence-electron chi connectivity index (χ1n) is 12.9. The Kier molecular flexibility index (Phi) is 6.32. The number of aromatic hydroxyl groups is 1. The molecule has 40 heavy (non-hydrogen) atoms. The molecule has 13 heteroatoms. The van der Waals surface area contributed by atoms with Crippen LogP contribution in [0.4, 0.5) is 10.1 Å². The standard InChI is InChI=1S/C27H31FN4O8/c1-8(2)30-13-7-11-17(28)10-5-9-6-12-19(32(3)4)22(35)16(25(29)38)24(37)27(12,40)23(36)14(9)20(33)15(10)21(34)18(11)31-26(13)39/h8-9,12-13,19,30,34-36,40H,5-7H2,1-4H3,(H2,29,38)(H,31,39)/t9-,12-,13?,19-,27-/m1/s1. The van der Waals surface area contributed by atoms with E-state index < -0.39 is 92.7 Å². The van der Waals surface area contributed by atoms with Crippen molar-refractivity contribution in [1.29, 1.82) is 0 Å². The molecular formula is C27H31FN4O8. The summed E-state index contributed by atoms with van der Waals surface area (Å²) in [5.41, 5.74) is 0.366. The molecule has 0 fully saturated rings. The fourth-order valence-electron chi connectivity index (χ4n) is 6.77. The van der Waals surface area contributed by atoms with E-state index in [-0.39, 0.29) is 42.1 Å². The van der Waals surface area contributed by atoms with E-state index in [9.17, 15) is 39.6 Å². The predicted octanol–water partition coefficient (Wildman–Crippen LogP) is 0.121. The number of nitrogens with one attached hydrogen (secondary N) is 2. The third-order valence-corrected chi connectivity index (χ3v) is 8.43. The average Bonchev–Trinajstić information content (AvgIpc) is 2.84. The summed E-state index contributed by atoms with van der Waals surface area (Å²) in [5, 5.41) is 50.4. The van der Waals surface area contributed by atoms with Gasteiger partial charge in [-0.1, -0.05) is 13.8 Å². The molecule has 1 heterocycles. The van der Waals surface area contributed by atoms with Gasteiger partial charge in [0, 0.05) is 35.1 Å². The SMILES string of the molecule is CC(C)NC1Cc2c(F)c3c(c(O)c2NC1=O)C(=O)C1=C(O)[C@@]2(O)C(=O)C(C(N)=O)=C(O)[C@H](N(C)C)[C@H]2C[C@H]1C3. The number of phenolic OH excluding ortho intramolecular Hbond substituents is 1. The maximum atomic E-state index is 16.0. The van der Waals surface area contributed by atoms with Crippen LogP contribution in [0.25, 0.3) is 0 Å². The van der Waals surface area contributed by atoms with Crippen molar-refractivity contribution in [3.8, 4) is 5.75 Å². The van der Waals surface area contributed by atoms with Crippen molar-refractivity contribution >= 4 is 29.1 Å². The van der Waals surface area contributed by atoms with Crippen molar-refractivity contribution in [1.82, 2.24) is 10.2 Å². The molecule has 0 saturated carbocycles. The van der Waals surface area contributed by atoms with Gasteiger partial charge >= 0.3 is 0 Å². The van der Waals surface area contributed by atoms with Crippen LogP contribution in [0.2, 0.25) is 0 Å². The number of nitrogens with zero attached hydrogens (tertiary/aromatic N) is 1. The molecule has 0 spiro atoms. The highest BCUT2D eigenvalue weighted by atomic mass is 19.1. The molecule has 0 radical (unpaired) electrons. The van der Waals surface area contributed by atoms with Gasteiger partial charge in [-0.3, -0.25) is 24.1 Å². The highest BCUT2D eigenvalue weighted by Crippen LogP contribution is 2.53. The highest BCUT2D eigenvalue weighted by Gasteiger charge is 2.63. The molecule has 1 aliphatic heterocycles. The number of carbonyl (C=O) groups excluding carboxylic acids is 4. The molecule has 0 saturated heterocycles. The number of aliphatic hydroxyl groups is 3. The Hall–Kier alpha value is -3.81. The van der Waals surface area contributed by atoms with E-state index in [2.05, 4.69) is 10.6 Å². The van der Waals surface area contributed by atoms with Crippen LogP contribution in [0.1, 0.15) is 41.8 Å². The van der Waals surface area contributed by atoms with E-state index in [1.165, 1.54) is 19.0 Å². The van der Waals surface area contributed by atoms with Crippen LogP contribution in [0, 0.1) is 17.7 Å². The fraction of sp³-hybridized carbons (Fsp3) is 0.481. The second-order valence-corrected chi connectivity index (χ2v) is 11.4. The van der Waals surface area contributed by atoms with Gasteiger partial charge in [0.15, 0.2) is 17.1 Å². The van der Waals surface area contributed by atoms with Gasteiger partial charge in [0.25, 0.3) is 5.91 Å². The van der Waals surface area contributed by atoms with Crippen molar-refractivity contribution in [3.05, 3.63) is 45.2 Å². The van der Waals surface area contributed by atoms with Gasteiger partial charge in [-0.05, 0) is 32.9 Å². The van der Waals surface area contributed by atoms with Crippen LogP contribution in [0.5, 0.6) is 5.75 Å². The molecule has 1 aromatic rings. The van der Waals surface area contributed by atoms with Gasteiger partial charge in [0.05, 0.1) is 23.3 Å². The number of nitrogens with two attached hydrogens (primary N) is 1. The van der Waals surface area contributed by atoms with Crippen LogP contribution in [-0.4, -0.2) is 86.5 Å². The molecule has 5 atom stereocenters. The number of carbonyl (C=O) groups is 4. The Bertz CT molecular complexity index is 1460. The summed E-state index contributed by atoms with van der Waals surface area (Å²) in [6.45, 7) is 3.65. The minimum Gasteiger partial charge on any atom is -0.510 e. The largest absolute Gasteiger partial charge is 0.510 e. The van der Waals surface area contributed by atoms with Gasteiger partial charge in [-0.25, -0.2) is 4.39 Å². The Labute approximate surface area is 228 Å². The Morgan fingerprint density at radius 2 is 1.80 bits per heavy atom. The number of benzene rings is 1. The van der Waals surface area contributed by atoms with Gasteiger partial charge in [-0.2, -0.15) is 0 Å². The van der Waals surface area contributed by atoms with Gasteiger partial charge in [-0.15, -0.1) is 0 Å². The fourth-order valence-corrected chi connectivity index (χ4v) is 6.77. The van der Waals surface area contributed by atoms with E-state index in [0.29, 0.717) is 0 Å². The van der Waals surface area contributed by atoms with Crippen molar-refractivity contribution < 1.29 is 44.0 Å². The maximum absolute atomic E-state index is 16.0. The van der Waals surface area contributed by atoms with Crippen LogP contribution >= 0.6 is 0 Å². The number of anilines is 1.